The summed E-state index contributed by atoms with van der Waals surface area (Å²) in [5, 5.41) is 9.01. The SMILES string of the molecule is N#CCc1cc(Cl)ncc1-c1ccc(C(F)(F)F)cc1. The van der Waals surface area contributed by atoms with Gasteiger partial charge in [-0.15, -0.1) is 0 Å². The zero-order chi connectivity index (χ0) is 14.8. The molecule has 20 heavy (non-hydrogen) atoms. The van der Waals surface area contributed by atoms with Crippen molar-refractivity contribution in [3.05, 3.63) is 52.8 Å². The number of halogens is 4. The molecule has 0 unspecified atom stereocenters. The first-order chi connectivity index (χ1) is 9.41. The molecule has 6 heteroatoms. The van der Waals surface area contributed by atoms with Crippen molar-refractivity contribution in [3.8, 4) is 17.2 Å². The molecule has 0 aliphatic rings. The van der Waals surface area contributed by atoms with Crippen molar-refractivity contribution < 1.29 is 13.2 Å². The zero-order valence-electron chi connectivity index (χ0n) is 10.1. The fourth-order valence-corrected chi connectivity index (χ4v) is 1.98. The van der Waals surface area contributed by atoms with E-state index in [-0.39, 0.29) is 11.6 Å². The van der Waals surface area contributed by atoms with E-state index in [2.05, 4.69) is 4.98 Å². The Morgan fingerprint density at radius 1 is 1.20 bits per heavy atom. The molecule has 102 valence electrons. The van der Waals surface area contributed by atoms with E-state index in [4.69, 9.17) is 16.9 Å². The second-order valence-electron chi connectivity index (χ2n) is 4.07. The van der Waals surface area contributed by atoms with Crippen molar-refractivity contribution in [2.45, 2.75) is 12.6 Å². The van der Waals surface area contributed by atoms with E-state index in [0.29, 0.717) is 16.7 Å². The number of nitrogens with zero attached hydrogens (tertiary/aromatic N) is 2. The standard InChI is InChI=1S/C14H8ClF3N2/c15-13-7-10(5-6-19)12(8-20-13)9-1-3-11(4-2-9)14(16,17)18/h1-4,7-8H,5H2. The van der Waals surface area contributed by atoms with Crippen molar-refractivity contribution >= 4 is 11.6 Å². The van der Waals surface area contributed by atoms with Crippen molar-refractivity contribution in [2.24, 2.45) is 0 Å². The predicted octanol–water partition coefficient (Wildman–Crippen LogP) is 4.49. The Balaban J connectivity index is 2.44. The third kappa shape index (κ3) is 3.09. The van der Waals surface area contributed by atoms with Crippen molar-refractivity contribution in [2.75, 3.05) is 0 Å². The molecular weight excluding hydrogens is 289 g/mol. The molecule has 0 aliphatic heterocycles. The Kier molecular flexibility index (Phi) is 3.96. The molecule has 1 heterocycles. The quantitative estimate of drug-likeness (QED) is 0.766. The highest BCUT2D eigenvalue weighted by atomic mass is 35.5. The highest BCUT2D eigenvalue weighted by Gasteiger charge is 2.30. The van der Waals surface area contributed by atoms with E-state index in [0.717, 1.165) is 12.1 Å². The molecule has 0 aliphatic carbocycles. The van der Waals surface area contributed by atoms with Gasteiger partial charge in [0.2, 0.25) is 0 Å². The van der Waals surface area contributed by atoms with Crippen LogP contribution in [0.3, 0.4) is 0 Å². The van der Waals surface area contributed by atoms with Crippen LogP contribution in [0.1, 0.15) is 11.1 Å². The molecule has 0 amide bonds. The lowest BCUT2D eigenvalue weighted by Gasteiger charge is -2.10. The summed E-state index contributed by atoms with van der Waals surface area (Å²) >= 11 is 5.76. The number of nitriles is 1. The van der Waals surface area contributed by atoms with Crippen molar-refractivity contribution in [1.82, 2.24) is 4.98 Å². The average Bonchev–Trinajstić information content (AvgIpc) is 2.38. The van der Waals surface area contributed by atoms with Gasteiger partial charge >= 0.3 is 6.18 Å². The Hall–Kier alpha value is -2.06. The van der Waals surface area contributed by atoms with Gasteiger partial charge in [0.25, 0.3) is 0 Å². The second-order valence-corrected chi connectivity index (χ2v) is 4.46. The zero-order valence-corrected chi connectivity index (χ0v) is 10.8. The molecule has 0 fully saturated rings. The summed E-state index contributed by atoms with van der Waals surface area (Å²) in [5.74, 6) is 0. The summed E-state index contributed by atoms with van der Waals surface area (Å²) < 4.78 is 37.5. The maximum Gasteiger partial charge on any atom is 0.416 e. The van der Waals surface area contributed by atoms with E-state index in [1.54, 1.807) is 0 Å². The highest BCUT2D eigenvalue weighted by Crippen LogP contribution is 2.32. The van der Waals surface area contributed by atoms with Crippen LogP contribution in [0.5, 0.6) is 0 Å². The summed E-state index contributed by atoms with van der Waals surface area (Å²) in [6.07, 6.45) is -2.80. The van der Waals surface area contributed by atoms with Gasteiger partial charge in [-0.2, -0.15) is 18.4 Å². The number of hydrogen-bond donors (Lipinski definition) is 0. The van der Waals surface area contributed by atoms with Gasteiger partial charge in [0.05, 0.1) is 18.1 Å². The monoisotopic (exact) mass is 296 g/mol. The first kappa shape index (κ1) is 14.4. The minimum Gasteiger partial charge on any atom is -0.244 e. The molecule has 1 aromatic carbocycles. The Bertz CT molecular complexity index is 658. The van der Waals surface area contributed by atoms with Gasteiger partial charge in [-0.25, -0.2) is 4.98 Å². The molecule has 0 bridgehead atoms. The lowest BCUT2D eigenvalue weighted by molar-refractivity contribution is -0.137. The molecule has 2 nitrogen and oxygen atoms in total. The second kappa shape index (κ2) is 5.51. The third-order valence-electron chi connectivity index (χ3n) is 2.75. The molecule has 0 N–H and O–H groups in total. The van der Waals surface area contributed by atoms with Gasteiger partial charge in [-0.1, -0.05) is 23.7 Å². The van der Waals surface area contributed by atoms with Crippen LogP contribution >= 0.6 is 11.6 Å². The number of benzene rings is 1. The van der Waals surface area contributed by atoms with Crippen LogP contribution in [0.4, 0.5) is 13.2 Å². The van der Waals surface area contributed by atoms with Crippen LogP contribution in [0.25, 0.3) is 11.1 Å². The summed E-state index contributed by atoms with van der Waals surface area (Å²) in [7, 11) is 0. The van der Waals surface area contributed by atoms with E-state index < -0.39 is 11.7 Å². The van der Waals surface area contributed by atoms with Crippen LogP contribution in [-0.2, 0) is 12.6 Å². The van der Waals surface area contributed by atoms with Crippen LogP contribution in [0.15, 0.2) is 36.5 Å². The fraction of sp³-hybridized carbons (Fsp3) is 0.143. The number of pyridine rings is 1. The lowest BCUT2D eigenvalue weighted by Crippen LogP contribution is -2.04. The van der Waals surface area contributed by atoms with Crippen molar-refractivity contribution in [3.63, 3.8) is 0 Å². The molecule has 0 atom stereocenters. The fourth-order valence-electron chi connectivity index (χ4n) is 1.80. The molecule has 0 radical (unpaired) electrons. The van der Waals surface area contributed by atoms with E-state index in [1.165, 1.54) is 24.4 Å². The maximum atomic E-state index is 12.5. The predicted molar refractivity (Wildman–Crippen MR) is 69.0 cm³/mol. The minimum absolute atomic E-state index is 0.110. The number of aromatic nitrogens is 1. The third-order valence-corrected chi connectivity index (χ3v) is 2.96. The van der Waals surface area contributed by atoms with Gasteiger partial charge in [-0.3, -0.25) is 0 Å². The van der Waals surface area contributed by atoms with Gasteiger partial charge in [0.1, 0.15) is 5.15 Å². The van der Waals surface area contributed by atoms with E-state index in [9.17, 15) is 13.2 Å². The molecule has 0 spiro atoms. The maximum absolute atomic E-state index is 12.5. The Morgan fingerprint density at radius 3 is 2.40 bits per heavy atom. The summed E-state index contributed by atoms with van der Waals surface area (Å²) in [6, 6.07) is 8.24. The van der Waals surface area contributed by atoms with E-state index in [1.807, 2.05) is 6.07 Å². The molecule has 2 rings (SSSR count). The molecule has 0 saturated carbocycles. The molecular formula is C14H8ClF3N2. The van der Waals surface area contributed by atoms with Crippen LogP contribution in [0, 0.1) is 11.3 Å². The van der Waals surface area contributed by atoms with Crippen LogP contribution in [-0.4, -0.2) is 4.98 Å². The summed E-state index contributed by atoms with van der Waals surface area (Å²) in [6.45, 7) is 0. The lowest BCUT2D eigenvalue weighted by atomic mass is 9.99. The topological polar surface area (TPSA) is 36.7 Å². The highest BCUT2D eigenvalue weighted by molar-refractivity contribution is 6.29. The number of hydrogen-bond acceptors (Lipinski definition) is 2. The smallest absolute Gasteiger partial charge is 0.244 e. The first-order valence-electron chi connectivity index (χ1n) is 5.61. The minimum atomic E-state index is -4.37. The van der Waals surface area contributed by atoms with Crippen LogP contribution in [0.2, 0.25) is 5.15 Å². The van der Waals surface area contributed by atoms with Gasteiger partial charge in [-0.05, 0) is 29.3 Å². The Morgan fingerprint density at radius 2 is 1.85 bits per heavy atom. The molecule has 2 aromatic rings. The number of alkyl halides is 3. The van der Waals surface area contributed by atoms with Crippen LogP contribution < -0.4 is 0 Å². The summed E-state index contributed by atoms with van der Waals surface area (Å²) in [5.41, 5.74) is 1.08. The first-order valence-corrected chi connectivity index (χ1v) is 5.98. The average molecular weight is 297 g/mol. The van der Waals surface area contributed by atoms with Gasteiger partial charge < -0.3 is 0 Å². The molecule has 0 saturated heterocycles. The largest absolute Gasteiger partial charge is 0.416 e. The molecule has 1 aromatic heterocycles. The summed E-state index contributed by atoms with van der Waals surface area (Å²) in [4.78, 5) is 3.90. The van der Waals surface area contributed by atoms with Crippen molar-refractivity contribution in [1.29, 1.82) is 5.26 Å². The number of rotatable bonds is 2. The van der Waals surface area contributed by atoms with Gasteiger partial charge in [0.15, 0.2) is 0 Å². The van der Waals surface area contributed by atoms with Gasteiger partial charge in [0, 0.05) is 11.8 Å². The van der Waals surface area contributed by atoms with E-state index >= 15 is 0 Å². The Labute approximate surface area is 118 Å². The normalized spacial score (nSPS) is 11.2.